The lowest BCUT2D eigenvalue weighted by atomic mass is 10.0. The lowest BCUT2D eigenvalue weighted by Crippen LogP contribution is -2.26. The summed E-state index contributed by atoms with van der Waals surface area (Å²) in [7, 11) is 0. The number of pyridine rings is 3. The van der Waals surface area contributed by atoms with Crippen molar-refractivity contribution in [2.75, 3.05) is 12.3 Å². The number of hydrogen-bond donors (Lipinski definition) is 2. The van der Waals surface area contributed by atoms with E-state index in [1.807, 2.05) is 67.6 Å². The van der Waals surface area contributed by atoms with Gasteiger partial charge in [0.15, 0.2) is 0 Å². The molecule has 35 heavy (non-hydrogen) atoms. The number of nitrogen functional groups attached to an aromatic ring is 1. The Bertz CT molecular complexity index is 1570. The van der Waals surface area contributed by atoms with E-state index in [9.17, 15) is 0 Å². The fraction of sp³-hybridized carbons (Fsp3) is 0.138. The van der Waals surface area contributed by atoms with E-state index >= 15 is 0 Å². The maximum atomic E-state index is 6.37. The molecule has 6 heteroatoms. The first-order chi connectivity index (χ1) is 17.1. The normalized spacial score (nSPS) is 11.7. The zero-order valence-electron chi connectivity index (χ0n) is 19.4. The van der Waals surface area contributed by atoms with Crippen molar-refractivity contribution in [1.29, 1.82) is 0 Å². The number of ether oxygens (including phenoxy) is 1. The van der Waals surface area contributed by atoms with Crippen molar-refractivity contribution < 1.29 is 4.74 Å². The molecule has 5 rings (SSSR count). The quantitative estimate of drug-likeness (QED) is 0.285. The molecule has 5 aromatic rings. The third-order valence-corrected chi connectivity index (χ3v) is 5.83. The Labute approximate surface area is 204 Å². The molecule has 3 aromatic heterocycles. The molecule has 4 N–H and O–H groups in total. The summed E-state index contributed by atoms with van der Waals surface area (Å²) in [5, 5.41) is 2.72. The van der Waals surface area contributed by atoms with Crippen LogP contribution in [0, 0.1) is 11.8 Å². The van der Waals surface area contributed by atoms with Crippen molar-refractivity contribution in [2.24, 2.45) is 5.73 Å². The number of anilines is 1. The minimum Gasteiger partial charge on any atom is -0.490 e. The highest BCUT2D eigenvalue weighted by atomic mass is 16.5. The third kappa shape index (κ3) is 4.91. The van der Waals surface area contributed by atoms with E-state index in [1.54, 1.807) is 18.6 Å². The minimum atomic E-state index is -0.0221. The Morgan fingerprint density at radius 2 is 1.71 bits per heavy atom. The van der Waals surface area contributed by atoms with Crippen molar-refractivity contribution >= 4 is 27.5 Å². The lowest BCUT2D eigenvalue weighted by molar-refractivity contribution is 0.284. The standard InChI is InChI=1S/C29H25N5O/c1-2-22(30)18-35-23-13-21(15-32-16-23)28-14-24-25-12-20(9-8-19-6-4-3-5-7-19)10-11-27(25)33-17-26(24)29(31)34-28/h3-7,10-17,22H,2,18,30H2,1H3,(H2,31,34)/t22-/m0/s1. The minimum absolute atomic E-state index is 0.0221. The van der Waals surface area contributed by atoms with Crippen molar-refractivity contribution in [2.45, 2.75) is 19.4 Å². The van der Waals surface area contributed by atoms with Gasteiger partial charge in [-0.2, -0.15) is 0 Å². The first-order valence-corrected chi connectivity index (χ1v) is 11.5. The molecule has 0 aliphatic rings. The second-order valence-corrected chi connectivity index (χ2v) is 8.35. The molecule has 2 aromatic carbocycles. The molecular formula is C29H25N5O. The fourth-order valence-corrected chi connectivity index (χ4v) is 3.78. The van der Waals surface area contributed by atoms with Crippen LogP contribution in [0.25, 0.3) is 32.9 Å². The van der Waals surface area contributed by atoms with Gasteiger partial charge in [-0.15, -0.1) is 0 Å². The van der Waals surface area contributed by atoms with Crippen molar-refractivity contribution in [3.05, 3.63) is 90.4 Å². The van der Waals surface area contributed by atoms with Gasteiger partial charge in [0.1, 0.15) is 18.2 Å². The van der Waals surface area contributed by atoms with Crippen LogP contribution in [0.15, 0.2) is 79.3 Å². The average molecular weight is 460 g/mol. The van der Waals surface area contributed by atoms with Gasteiger partial charge < -0.3 is 16.2 Å². The SMILES string of the molecule is CC[C@H](N)COc1cncc(-c2cc3c(cnc4ccc(C#Cc5ccccc5)cc43)c(N)n2)c1. The largest absolute Gasteiger partial charge is 0.490 e. The van der Waals surface area contributed by atoms with Crippen LogP contribution in [0.5, 0.6) is 5.75 Å². The average Bonchev–Trinajstić information content (AvgIpc) is 2.91. The summed E-state index contributed by atoms with van der Waals surface area (Å²) in [5.74, 6) is 7.52. The summed E-state index contributed by atoms with van der Waals surface area (Å²) in [4.78, 5) is 13.5. The van der Waals surface area contributed by atoms with Crippen LogP contribution in [-0.4, -0.2) is 27.6 Å². The zero-order chi connectivity index (χ0) is 24.2. The highest BCUT2D eigenvalue weighted by molar-refractivity contribution is 6.10. The molecule has 0 unspecified atom stereocenters. The first kappa shape index (κ1) is 22.3. The van der Waals surface area contributed by atoms with Crippen molar-refractivity contribution in [3.8, 4) is 28.8 Å². The Balaban J connectivity index is 1.57. The summed E-state index contributed by atoms with van der Waals surface area (Å²) in [6.45, 7) is 2.46. The van der Waals surface area contributed by atoms with E-state index in [0.29, 0.717) is 23.9 Å². The topological polar surface area (TPSA) is 99.9 Å². The van der Waals surface area contributed by atoms with Gasteiger partial charge in [-0.05, 0) is 54.3 Å². The van der Waals surface area contributed by atoms with Crippen LogP contribution in [0.3, 0.4) is 0 Å². The van der Waals surface area contributed by atoms with Crippen molar-refractivity contribution in [1.82, 2.24) is 15.0 Å². The number of nitrogens with two attached hydrogens (primary N) is 2. The molecule has 0 fully saturated rings. The number of fused-ring (bicyclic) bond motifs is 3. The Morgan fingerprint density at radius 3 is 2.54 bits per heavy atom. The molecular weight excluding hydrogens is 434 g/mol. The van der Waals surface area contributed by atoms with Gasteiger partial charge in [-0.3, -0.25) is 9.97 Å². The Morgan fingerprint density at radius 1 is 0.886 bits per heavy atom. The van der Waals surface area contributed by atoms with Gasteiger partial charge in [0.25, 0.3) is 0 Å². The van der Waals surface area contributed by atoms with Gasteiger partial charge in [0.2, 0.25) is 0 Å². The molecule has 0 aliphatic heterocycles. The van der Waals surface area contributed by atoms with E-state index < -0.39 is 0 Å². The zero-order valence-corrected chi connectivity index (χ0v) is 19.4. The molecule has 0 aliphatic carbocycles. The summed E-state index contributed by atoms with van der Waals surface area (Å²) >= 11 is 0. The predicted molar refractivity (Wildman–Crippen MR) is 141 cm³/mol. The number of hydrogen-bond acceptors (Lipinski definition) is 6. The van der Waals surface area contributed by atoms with Gasteiger partial charge in [0.05, 0.1) is 17.4 Å². The monoisotopic (exact) mass is 459 g/mol. The first-order valence-electron chi connectivity index (χ1n) is 11.5. The highest BCUT2D eigenvalue weighted by Crippen LogP contribution is 2.32. The second-order valence-electron chi connectivity index (χ2n) is 8.35. The van der Waals surface area contributed by atoms with E-state index in [1.165, 1.54) is 0 Å². The second kappa shape index (κ2) is 9.80. The predicted octanol–water partition coefficient (Wildman–Crippen LogP) is 4.94. The number of aromatic nitrogens is 3. The van der Waals surface area contributed by atoms with E-state index in [0.717, 1.165) is 44.8 Å². The van der Waals surface area contributed by atoms with Crippen LogP contribution >= 0.6 is 0 Å². The Hall–Kier alpha value is -4.47. The van der Waals surface area contributed by atoms with E-state index in [4.69, 9.17) is 16.2 Å². The van der Waals surface area contributed by atoms with Crippen LogP contribution in [-0.2, 0) is 0 Å². The molecule has 0 radical (unpaired) electrons. The molecule has 0 saturated heterocycles. The van der Waals surface area contributed by atoms with Gasteiger partial charge in [-0.1, -0.05) is 37.0 Å². The molecule has 6 nitrogen and oxygen atoms in total. The maximum absolute atomic E-state index is 6.37. The van der Waals surface area contributed by atoms with E-state index in [-0.39, 0.29) is 6.04 Å². The highest BCUT2D eigenvalue weighted by Gasteiger charge is 2.11. The summed E-state index contributed by atoms with van der Waals surface area (Å²) in [5.41, 5.74) is 16.6. The number of rotatable bonds is 5. The fourth-order valence-electron chi connectivity index (χ4n) is 3.78. The maximum Gasteiger partial charge on any atom is 0.138 e. The molecule has 0 bridgehead atoms. The van der Waals surface area contributed by atoms with Gasteiger partial charge in [-0.25, -0.2) is 4.98 Å². The molecule has 0 saturated carbocycles. The summed E-state index contributed by atoms with van der Waals surface area (Å²) in [6.07, 6.45) is 6.03. The van der Waals surface area contributed by atoms with Crippen LogP contribution in [0.1, 0.15) is 24.5 Å². The molecule has 1 atom stereocenters. The van der Waals surface area contributed by atoms with E-state index in [2.05, 4.69) is 26.8 Å². The molecule has 3 heterocycles. The number of nitrogens with zero attached hydrogens (tertiary/aromatic N) is 3. The van der Waals surface area contributed by atoms with Crippen LogP contribution in [0.2, 0.25) is 0 Å². The van der Waals surface area contributed by atoms with Crippen LogP contribution < -0.4 is 16.2 Å². The third-order valence-electron chi connectivity index (χ3n) is 5.83. The number of benzene rings is 2. The molecule has 0 amide bonds. The lowest BCUT2D eigenvalue weighted by Gasteiger charge is -2.12. The summed E-state index contributed by atoms with van der Waals surface area (Å²) < 4.78 is 5.82. The van der Waals surface area contributed by atoms with Gasteiger partial charge >= 0.3 is 0 Å². The smallest absolute Gasteiger partial charge is 0.138 e. The van der Waals surface area contributed by atoms with Gasteiger partial charge in [0, 0.05) is 45.9 Å². The van der Waals surface area contributed by atoms with Crippen LogP contribution in [0.4, 0.5) is 5.82 Å². The van der Waals surface area contributed by atoms with Crippen molar-refractivity contribution in [3.63, 3.8) is 0 Å². The summed E-state index contributed by atoms with van der Waals surface area (Å²) in [6, 6.07) is 19.8. The Kier molecular flexibility index (Phi) is 6.25. The molecule has 0 spiro atoms. The molecule has 172 valence electrons.